The smallest absolute Gasteiger partial charge is 0.228 e. The van der Waals surface area contributed by atoms with Gasteiger partial charge in [-0.25, -0.2) is 13.8 Å². The van der Waals surface area contributed by atoms with Crippen molar-refractivity contribution in [1.82, 2.24) is 9.88 Å². The zero-order valence-corrected chi connectivity index (χ0v) is 16.7. The van der Waals surface area contributed by atoms with Crippen molar-refractivity contribution in [2.45, 2.75) is 19.4 Å². The molecule has 3 aromatic rings. The van der Waals surface area contributed by atoms with Gasteiger partial charge in [0.25, 0.3) is 0 Å². The normalized spacial score (nSPS) is 15.0. The van der Waals surface area contributed by atoms with Crippen LogP contribution in [0.3, 0.4) is 0 Å². The van der Waals surface area contributed by atoms with Crippen LogP contribution >= 0.6 is 11.3 Å². The SMILES string of the molecule is CC(=O)N1C=Cc2ccccc2C1CC(=O)Nc1nc(-c2c(F)cccc2F)cs1. The van der Waals surface area contributed by atoms with Crippen LogP contribution in [0.25, 0.3) is 17.3 Å². The molecule has 1 aromatic heterocycles. The fraction of sp³-hybridized carbons (Fsp3) is 0.136. The highest BCUT2D eigenvalue weighted by atomic mass is 32.1. The Hall–Kier alpha value is -3.39. The number of hydrogen-bond donors (Lipinski definition) is 1. The highest BCUT2D eigenvalue weighted by Crippen LogP contribution is 2.34. The van der Waals surface area contributed by atoms with E-state index in [1.165, 1.54) is 23.3 Å². The first-order chi connectivity index (χ1) is 14.4. The van der Waals surface area contributed by atoms with E-state index in [1.807, 2.05) is 30.3 Å². The zero-order valence-electron chi connectivity index (χ0n) is 15.9. The predicted molar refractivity (Wildman–Crippen MR) is 111 cm³/mol. The van der Waals surface area contributed by atoms with Crippen LogP contribution in [-0.2, 0) is 9.59 Å². The second kappa shape index (κ2) is 8.16. The van der Waals surface area contributed by atoms with Gasteiger partial charge < -0.3 is 10.2 Å². The van der Waals surface area contributed by atoms with E-state index in [1.54, 1.807) is 6.20 Å². The number of nitrogens with zero attached hydrogens (tertiary/aromatic N) is 2. The lowest BCUT2D eigenvalue weighted by molar-refractivity contribution is -0.129. The molecule has 2 heterocycles. The minimum atomic E-state index is -0.721. The molecule has 2 amide bonds. The second-order valence-electron chi connectivity index (χ2n) is 6.77. The molecule has 0 aliphatic carbocycles. The van der Waals surface area contributed by atoms with E-state index in [0.29, 0.717) is 0 Å². The summed E-state index contributed by atoms with van der Waals surface area (Å²) in [6, 6.07) is 10.7. The van der Waals surface area contributed by atoms with Gasteiger partial charge in [0.1, 0.15) is 11.6 Å². The van der Waals surface area contributed by atoms with Crippen LogP contribution in [0, 0.1) is 11.6 Å². The molecule has 8 heteroatoms. The zero-order chi connectivity index (χ0) is 21.3. The fourth-order valence-electron chi connectivity index (χ4n) is 3.45. The van der Waals surface area contributed by atoms with Crippen molar-refractivity contribution < 1.29 is 18.4 Å². The standard InChI is InChI=1S/C22H17F2N3O2S/c1-13(28)27-10-9-14-5-2-3-6-15(14)19(27)11-20(29)26-22-25-18(12-30-22)21-16(23)7-4-8-17(21)24/h2-10,12,19H,11H2,1H3,(H,25,26,29). The summed E-state index contributed by atoms with van der Waals surface area (Å²) in [6.07, 6.45) is 3.52. The van der Waals surface area contributed by atoms with Crippen molar-refractivity contribution >= 4 is 34.4 Å². The van der Waals surface area contributed by atoms with Crippen LogP contribution in [0.1, 0.15) is 30.5 Å². The summed E-state index contributed by atoms with van der Waals surface area (Å²) in [5.74, 6) is -1.97. The number of thiazole rings is 1. The quantitative estimate of drug-likeness (QED) is 0.641. The molecule has 152 valence electrons. The van der Waals surface area contributed by atoms with Gasteiger partial charge in [-0.3, -0.25) is 9.59 Å². The summed E-state index contributed by atoms with van der Waals surface area (Å²) in [6.45, 7) is 1.44. The molecule has 0 radical (unpaired) electrons. The van der Waals surface area contributed by atoms with Gasteiger partial charge in [-0.2, -0.15) is 0 Å². The molecule has 0 saturated carbocycles. The Labute approximate surface area is 175 Å². The third kappa shape index (κ3) is 3.86. The van der Waals surface area contributed by atoms with Gasteiger partial charge >= 0.3 is 0 Å². The number of anilines is 1. The number of amides is 2. The molecular weight excluding hydrogens is 408 g/mol. The molecule has 1 aliphatic heterocycles. The van der Waals surface area contributed by atoms with Gasteiger partial charge in [-0.1, -0.05) is 30.3 Å². The maximum absolute atomic E-state index is 14.0. The predicted octanol–water partition coefficient (Wildman–Crippen LogP) is 4.99. The van der Waals surface area contributed by atoms with Crippen molar-refractivity contribution in [1.29, 1.82) is 0 Å². The Kier molecular flexibility index (Phi) is 5.41. The topological polar surface area (TPSA) is 62.3 Å². The van der Waals surface area contributed by atoms with Crippen LogP contribution < -0.4 is 5.32 Å². The molecular formula is C22H17F2N3O2S. The second-order valence-corrected chi connectivity index (χ2v) is 7.63. The summed E-state index contributed by atoms with van der Waals surface area (Å²) >= 11 is 1.07. The lowest BCUT2D eigenvalue weighted by Gasteiger charge is -2.32. The van der Waals surface area contributed by atoms with Crippen LogP contribution in [0.4, 0.5) is 13.9 Å². The molecule has 1 atom stereocenters. The lowest BCUT2D eigenvalue weighted by Crippen LogP contribution is -2.33. The summed E-state index contributed by atoms with van der Waals surface area (Å²) in [5.41, 5.74) is 1.70. The lowest BCUT2D eigenvalue weighted by atomic mass is 9.93. The van der Waals surface area contributed by atoms with Crippen molar-refractivity contribution in [3.8, 4) is 11.3 Å². The summed E-state index contributed by atoms with van der Waals surface area (Å²) in [5, 5.41) is 4.38. The van der Waals surface area contributed by atoms with E-state index in [2.05, 4.69) is 10.3 Å². The molecule has 1 unspecified atom stereocenters. The monoisotopic (exact) mass is 425 g/mol. The van der Waals surface area contributed by atoms with Gasteiger partial charge in [0.05, 0.1) is 23.7 Å². The van der Waals surface area contributed by atoms with Crippen LogP contribution in [-0.4, -0.2) is 21.7 Å². The Morgan fingerprint density at radius 3 is 2.60 bits per heavy atom. The molecule has 4 rings (SSSR count). The minimum Gasteiger partial charge on any atom is -0.311 e. The molecule has 1 aliphatic rings. The number of halogens is 2. The number of carbonyl (C=O) groups is 2. The summed E-state index contributed by atoms with van der Waals surface area (Å²) < 4.78 is 27.9. The average Bonchev–Trinajstić information content (AvgIpc) is 3.15. The van der Waals surface area contributed by atoms with Crippen molar-refractivity contribution in [2.24, 2.45) is 0 Å². The van der Waals surface area contributed by atoms with Gasteiger partial charge in [-0.15, -0.1) is 11.3 Å². The van der Waals surface area contributed by atoms with Gasteiger partial charge in [-0.05, 0) is 29.3 Å². The first-order valence-electron chi connectivity index (χ1n) is 9.20. The summed E-state index contributed by atoms with van der Waals surface area (Å²) in [4.78, 5) is 30.4. The van der Waals surface area contributed by atoms with E-state index >= 15 is 0 Å². The highest BCUT2D eigenvalue weighted by molar-refractivity contribution is 7.14. The average molecular weight is 425 g/mol. The van der Waals surface area contributed by atoms with Crippen molar-refractivity contribution in [2.75, 3.05) is 5.32 Å². The van der Waals surface area contributed by atoms with E-state index in [-0.39, 0.29) is 34.6 Å². The first-order valence-corrected chi connectivity index (χ1v) is 10.1. The number of carbonyl (C=O) groups excluding carboxylic acids is 2. The molecule has 0 bridgehead atoms. The molecule has 5 nitrogen and oxygen atoms in total. The minimum absolute atomic E-state index is 0.0178. The molecule has 0 spiro atoms. The third-order valence-corrected chi connectivity index (χ3v) is 5.57. The van der Waals surface area contributed by atoms with E-state index in [0.717, 1.165) is 34.6 Å². The number of aromatic nitrogens is 1. The number of nitrogens with one attached hydrogen (secondary N) is 1. The number of rotatable bonds is 4. The molecule has 2 aromatic carbocycles. The van der Waals surface area contributed by atoms with Crippen LogP contribution in [0.15, 0.2) is 54.0 Å². The van der Waals surface area contributed by atoms with Gasteiger partial charge in [0.2, 0.25) is 11.8 Å². The molecule has 0 fully saturated rings. The van der Waals surface area contributed by atoms with Crippen molar-refractivity contribution in [3.05, 3.63) is 76.8 Å². The maximum atomic E-state index is 14.0. The van der Waals surface area contributed by atoms with Gasteiger partial charge in [0, 0.05) is 18.5 Å². The molecule has 0 saturated heterocycles. The van der Waals surface area contributed by atoms with Gasteiger partial charge in [0.15, 0.2) is 5.13 Å². The van der Waals surface area contributed by atoms with E-state index in [9.17, 15) is 18.4 Å². The molecule has 1 N–H and O–H groups in total. The fourth-order valence-corrected chi connectivity index (χ4v) is 4.17. The number of benzene rings is 2. The largest absolute Gasteiger partial charge is 0.311 e. The van der Waals surface area contributed by atoms with Crippen LogP contribution in [0.2, 0.25) is 0 Å². The highest BCUT2D eigenvalue weighted by Gasteiger charge is 2.28. The Bertz CT molecular complexity index is 1140. The Balaban J connectivity index is 1.53. The van der Waals surface area contributed by atoms with Crippen LogP contribution in [0.5, 0.6) is 0 Å². The third-order valence-electron chi connectivity index (χ3n) is 4.82. The summed E-state index contributed by atoms with van der Waals surface area (Å²) in [7, 11) is 0. The first kappa shape index (κ1) is 19.9. The van der Waals surface area contributed by atoms with E-state index < -0.39 is 17.7 Å². The maximum Gasteiger partial charge on any atom is 0.228 e. The number of fused-ring (bicyclic) bond motifs is 1. The Morgan fingerprint density at radius 1 is 1.13 bits per heavy atom. The van der Waals surface area contributed by atoms with Crippen molar-refractivity contribution in [3.63, 3.8) is 0 Å². The Morgan fingerprint density at radius 2 is 1.87 bits per heavy atom. The number of hydrogen-bond acceptors (Lipinski definition) is 4. The van der Waals surface area contributed by atoms with E-state index in [4.69, 9.17) is 0 Å². The molecule has 30 heavy (non-hydrogen) atoms.